The van der Waals surface area contributed by atoms with E-state index < -0.39 is 6.10 Å². The number of aliphatic hydroxyl groups excluding tert-OH is 1. The molecule has 0 saturated heterocycles. The van der Waals surface area contributed by atoms with Crippen LogP contribution in [0.3, 0.4) is 0 Å². The van der Waals surface area contributed by atoms with Gasteiger partial charge in [0.1, 0.15) is 6.10 Å². The third kappa shape index (κ3) is 2.40. The molecular weight excluding hydrogens is 228 g/mol. The van der Waals surface area contributed by atoms with E-state index in [4.69, 9.17) is 11.6 Å². The Balaban J connectivity index is 2.28. The Labute approximate surface area is 98.0 Å². The second-order valence-corrected chi connectivity index (χ2v) is 4.66. The van der Waals surface area contributed by atoms with Crippen LogP contribution >= 0.6 is 22.9 Å². The average molecular weight is 239 g/mol. The summed E-state index contributed by atoms with van der Waals surface area (Å²) in [4.78, 5) is 2.08. The Morgan fingerprint density at radius 2 is 1.87 bits per heavy atom. The summed E-state index contributed by atoms with van der Waals surface area (Å²) in [6.07, 6.45) is -0.547. The minimum absolute atomic E-state index is 0.245. The summed E-state index contributed by atoms with van der Waals surface area (Å²) in [6.45, 7) is 0. The largest absolute Gasteiger partial charge is 0.386 e. The van der Waals surface area contributed by atoms with Crippen LogP contribution in [-0.2, 0) is 0 Å². The number of rotatable bonds is 3. The first-order valence-corrected chi connectivity index (χ1v) is 6.05. The summed E-state index contributed by atoms with van der Waals surface area (Å²) >= 11 is 7.18. The third-order valence-electron chi connectivity index (χ3n) is 2.16. The number of hydrogen-bond acceptors (Lipinski definition) is 2. The molecule has 1 atom stereocenters. The molecule has 2 aromatic rings. The van der Waals surface area contributed by atoms with Gasteiger partial charge in [-0.25, -0.2) is 0 Å². The molecule has 1 N–H and O–H groups in total. The van der Waals surface area contributed by atoms with Crippen molar-refractivity contribution in [2.45, 2.75) is 6.10 Å². The zero-order valence-corrected chi connectivity index (χ0v) is 9.63. The zero-order chi connectivity index (χ0) is 10.7. The van der Waals surface area contributed by atoms with Crippen LogP contribution in [0.15, 0.2) is 42.5 Å². The molecule has 1 unspecified atom stereocenters. The van der Waals surface area contributed by atoms with E-state index in [1.165, 1.54) is 5.56 Å². The monoisotopic (exact) mass is 238 g/mol. The molecule has 1 aromatic carbocycles. The van der Waals surface area contributed by atoms with Crippen LogP contribution in [0, 0.1) is 0 Å². The van der Waals surface area contributed by atoms with Gasteiger partial charge in [-0.1, -0.05) is 30.3 Å². The van der Waals surface area contributed by atoms with E-state index in [0.29, 0.717) is 0 Å². The van der Waals surface area contributed by atoms with Gasteiger partial charge in [0.25, 0.3) is 0 Å². The molecular formula is C12H11ClOS. The molecule has 0 aliphatic rings. The highest BCUT2D eigenvalue weighted by atomic mass is 35.5. The van der Waals surface area contributed by atoms with Gasteiger partial charge in [-0.3, -0.25) is 0 Å². The predicted molar refractivity (Wildman–Crippen MR) is 65.4 cm³/mol. The molecule has 0 bridgehead atoms. The van der Waals surface area contributed by atoms with Gasteiger partial charge in [0.15, 0.2) is 0 Å². The lowest BCUT2D eigenvalue weighted by Gasteiger charge is -2.01. The number of halogens is 1. The Morgan fingerprint density at radius 1 is 1.13 bits per heavy atom. The number of hydrogen-bond donors (Lipinski definition) is 1. The van der Waals surface area contributed by atoms with Crippen LogP contribution in [0.25, 0.3) is 10.4 Å². The maximum Gasteiger partial charge on any atom is 0.102 e. The minimum Gasteiger partial charge on any atom is -0.386 e. The van der Waals surface area contributed by atoms with Crippen LogP contribution in [0.5, 0.6) is 0 Å². The highest BCUT2D eigenvalue weighted by molar-refractivity contribution is 7.15. The topological polar surface area (TPSA) is 20.2 Å². The summed E-state index contributed by atoms with van der Waals surface area (Å²) < 4.78 is 0. The van der Waals surface area contributed by atoms with Gasteiger partial charge < -0.3 is 5.11 Å². The summed E-state index contributed by atoms with van der Waals surface area (Å²) in [7, 11) is 0. The lowest BCUT2D eigenvalue weighted by molar-refractivity contribution is 0.206. The molecule has 2 rings (SSSR count). The minimum atomic E-state index is -0.547. The van der Waals surface area contributed by atoms with Crippen LogP contribution in [0.1, 0.15) is 11.0 Å². The Hall–Kier alpha value is -0.830. The van der Waals surface area contributed by atoms with Crippen LogP contribution < -0.4 is 0 Å². The van der Waals surface area contributed by atoms with Crippen molar-refractivity contribution >= 4 is 22.9 Å². The maximum atomic E-state index is 9.57. The average Bonchev–Trinajstić information content (AvgIpc) is 2.78. The molecule has 1 nitrogen and oxygen atoms in total. The van der Waals surface area contributed by atoms with Crippen molar-refractivity contribution in [1.29, 1.82) is 0 Å². The van der Waals surface area contributed by atoms with Crippen molar-refractivity contribution < 1.29 is 5.11 Å². The van der Waals surface area contributed by atoms with Crippen molar-refractivity contribution in [1.82, 2.24) is 0 Å². The first-order chi connectivity index (χ1) is 7.31. The fourth-order valence-electron chi connectivity index (χ4n) is 1.37. The molecule has 78 valence electrons. The number of alkyl halides is 1. The van der Waals surface area contributed by atoms with Crippen LogP contribution in [0.2, 0.25) is 0 Å². The summed E-state index contributed by atoms with van der Waals surface area (Å²) in [6, 6.07) is 14.1. The van der Waals surface area contributed by atoms with Gasteiger partial charge in [-0.15, -0.1) is 22.9 Å². The van der Waals surface area contributed by atoms with Gasteiger partial charge in [0.2, 0.25) is 0 Å². The lowest BCUT2D eigenvalue weighted by Crippen LogP contribution is -1.93. The van der Waals surface area contributed by atoms with Gasteiger partial charge in [-0.05, 0) is 17.7 Å². The molecule has 0 radical (unpaired) electrons. The van der Waals surface area contributed by atoms with Crippen molar-refractivity contribution in [3.63, 3.8) is 0 Å². The summed E-state index contributed by atoms with van der Waals surface area (Å²) in [5.41, 5.74) is 1.18. The highest BCUT2D eigenvalue weighted by Gasteiger charge is 2.09. The molecule has 0 aliphatic carbocycles. The molecule has 0 amide bonds. The second-order valence-electron chi connectivity index (χ2n) is 3.24. The zero-order valence-electron chi connectivity index (χ0n) is 8.06. The Morgan fingerprint density at radius 3 is 2.53 bits per heavy atom. The van der Waals surface area contributed by atoms with Gasteiger partial charge in [-0.2, -0.15) is 0 Å². The van der Waals surface area contributed by atoms with Crippen molar-refractivity contribution in [2.24, 2.45) is 0 Å². The number of benzene rings is 1. The molecule has 0 fully saturated rings. The molecule has 3 heteroatoms. The predicted octanol–water partition coefficient (Wildman–Crippen LogP) is 3.69. The van der Waals surface area contributed by atoms with Crippen LogP contribution in [0.4, 0.5) is 0 Å². The Kier molecular flexibility index (Phi) is 3.41. The van der Waals surface area contributed by atoms with Crippen LogP contribution in [-0.4, -0.2) is 11.0 Å². The van der Waals surface area contributed by atoms with E-state index in [-0.39, 0.29) is 5.88 Å². The molecule has 1 heterocycles. The van der Waals surface area contributed by atoms with Crippen molar-refractivity contribution in [3.05, 3.63) is 47.3 Å². The SMILES string of the molecule is OC(CCl)c1ccc(-c2ccccc2)s1. The highest BCUT2D eigenvalue weighted by Crippen LogP contribution is 2.31. The second kappa shape index (κ2) is 4.79. The fourth-order valence-corrected chi connectivity index (χ4v) is 2.62. The van der Waals surface area contributed by atoms with Crippen molar-refractivity contribution in [3.8, 4) is 10.4 Å². The van der Waals surface area contributed by atoms with E-state index in [0.717, 1.165) is 9.75 Å². The lowest BCUT2D eigenvalue weighted by atomic mass is 10.2. The molecule has 0 saturated carbocycles. The first kappa shape index (κ1) is 10.7. The first-order valence-electron chi connectivity index (χ1n) is 4.70. The van der Waals surface area contributed by atoms with E-state index in [9.17, 15) is 5.11 Å². The number of thiophene rings is 1. The standard InChI is InChI=1S/C12H11ClOS/c13-8-10(14)12-7-6-11(15-12)9-4-2-1-3-5-9/h1-7,10,14H,8H2. The van der Waals surface area contributed by atoms with Crippen molar-refractivity contribution in [2.75, 3.05) is 5.88 Å². The smallest absolute Gasteiger partial charge is 0.102 e. The molecule has 0 aliphatic heterocycles. The van der Waals surface area contributed by atoms with Gasteiger partial charge in [0, 0.05) is 9.75 Å². The van der Waals surface area contributed by atoms with E-state index in [1.54, 1.807) is 11.3 Å². The molecule has 15 heavy (non-hydrogen) atoms. The molecule has 0 spiro atoms. The third-order valence-corrected chi connectivity index (χ3v) is 3.69. The fraction of sp³-hybridized carbons (Fsp3) is 0.167. The van der Waals surface area contributed by atoms with E-state index >= 15 is 0 Å². The van der Waals surface area contributed by atoms with Gasteiger partial charge >= 0.3 is 0 Å². The maximum absolute atomic E-state index is 9.57. The summed E-state index contributed by atoms with van der Waals surface area (Å²) in [5.74, 6) is 0.245. The van der Waals surface area contributed by atoms with E-state index in [1.807, 2.05) is 30.3 Å². The quantitative estimate of drug-likeness (QED) is 0.809. The molecule has 1 aromatic heterocycles. The Bertz CT molecular complexity index is 424. The number of aliphatic hydroxyl groups is 1. The normalized spacial score (nSPS) is 12.7. The summed E-state index contributed by atoms with van der Waals surface area (Å²) in [5, 5.41) is 9.57. The van der Waals surface area contributed by atoms with E-state index in [2.05, 4.69) is 12.1 Å². The van der Waals surface area contributed by atoms with Gasteiger partial charge in [0.05, 0.1) is 5.88 Å².